The van der Waals surface area contributed by atoms with Crippen molar-refractivity contribution >= 4 is 11.6 Å². The van der Waals surface area contributed by atoms with E-state index in [0.29, 0.717) is 0 Å². The molecular weight excluding hydrogens is 312 g/mol. The Morgan fingerprint density at radius 2 is 1.08 bits per heavy atom. The van der Waals surface area contributed by atoms with Crippen molar-refractivity contribution in [3.63, 3.8) is 0 Å². The van der Waals surface area contributed by atoms with Crippen molar-refractivity contribution in [1.82, 2.24) is 0 Å². The second-order valence-corrected chi connectivity index (χ2v) is 6.27. The zero-order chi connectivity index (χ0) is 17.7. The zero-order valence-corrected chi connectivity index (χ0v) is 15.9. The summed E-state index contributed by atoms with van der Waals surface area (Å²) in [5.41, 5.74) is 8.94. The molecule has 0 bridgehead atoms. The molecule has 0 aromatic heterocycles. The SMILES string of the molecule is CC.Cc1ccc(-c2ccc(-c3ccc(Cl)cc3)cc2C)cc1C. The third kappa shape index (κ3) is 4.07. The summed E-state index contributed by atoms with van der Waals surface area (Å²) in [6, 6.07) is 21.3. The molecule has 3 rings (SSSR count). The van der Waals surface area contributed by atoms with Crippen LogP contribution in [0.3, 0.4) is 0 Å². The van der Waals surface area contributed by atoms with Gasteiger partial charge < -0.3 is 0 Å². The van der Waals surface area contributed by atoms with Gasteiger partial charge in [0, 0.05) is 5.02 Å². The molecule has 3 aromatic carbocycles. The number of aryl methyl sites for hydroxylation is 3. The summed E-state index contributed by atoms with van der Waals surface area (Å²) in [7, 11) is 0. The van der Waals surface area contributed by atoms with Crippen molar-refractivity contribution in [3.8, 4) is 22.3 Å². The molecule has 0 spiro atoms. The third-order valence-electron chi connectivity index (χ3n) is 4.22. The van der Waals surface area contributed by atoms with Gasteiger partial charge in [-0.25, -0.2) is 0 Å². The molecule has 0 saturated carbocycles. The van der Waals surface area contributed by atoms with Gasteiger partial charge in [0.25, 0.3) is 0 Å². The van der Waals surface area contributed by atoms with E-state index in [2.05, 4.69) is 69.3 Å². The van der Waals surface area contributed by atoms with Gasteiger partial charge in [-0.3, -0.25) is 0 Å². The van der Waals surface area contributed by atoms with Gasteiger partial charge in [0.1, 0.15) is 0 Å². The standard InChI is InChI=1S/C21H19Cl.C2H6/c1-14-4-5-19(12-15(14)2)21-11-8-18(13-16(21)3)17-6-9-20(22)10-7-17;1-2/h4-13H,1-3H3;1-2H3. The van der Waals surface area contributed by atoms with Crippen LogP contribution in [0.1, 0.15) is 30.5 Å². The summed E-state index contributed by atoms with van der Waals surface area (Å²) in [6.07, 6.45) is 0. The van der Waals surface area contributed by atoms with Crippen LogP contribution in [0.2, 0.25) is 5.02 Å². The molecule has 0 fully saturated rings. The first-order valence-corrected chi connectivity index (χ1v) is 8.86. The van der Waals surface area contributed by atoms with E-state index in [1.807, 2.05) is 26.0 Å². The molecule has 0 amide bonds. The molecule has 0 aliphatic heterocycles. The number of benzene rings is 3. The lowest BCUT2D eigenvalue weighted by atomic mass is 9.94. The summed E-state index contributed by atoms with van der Waals surface area (Å²) < 4.78 is 0. The predicted molar refractivity (Wildman–Crippen MR) is 108 cm³/mol. The van der Waals surface area contributed by atoms with Gasteiger partial charge in [-0.15, -0.1) is 0 Å². The van der Waals surface area contributed by atoms with E-state index in [4.69, 9.17) is 11.6 Å². The maximum Gasteiger partial charge on any atom is 0.0406 e. The van der Waals surface area contributed by atoms with E-state index in [0.717, 1.165) is 5.02 Å². The van der Waals surface area contributed by atoms with Crippen LogP contribution >= 0.6 is 11.6 Å². The highest BCUT2D eigenvalue weighted by molar-refractivity contribution is 6.30. The van der Waals surface area contributed by atoms with E-state index in [-0.39, 0.29) is 0 Å². The first-order chi connectivity index (χ1) is 11.5. The number of halogens is 1. The molecule has 0 N–H and O–H groups in total. The van der Waals surface area contributed by atoms with Crippen LogP contribution in [0.4, 0.5) is 0 Å². The maximum absolute atomic E-state index is 5.96. The normalized spacial score (nSPS) is 10.1. The molecule has 0 saturated heterocycles. The van der Waals surface area contributed by atoms with Crippen LogP contribution in [-0.2, 0) is 0 Å². The van der Waals surface area contributed by atoms with Crippen LogP contribution in [0.15, 0.2) is 60.7 Å². The highest BCUT2D eigenvalue weighted by atomic mass is 35.5. The van der Waals surface area contributed by atoms with Crippen molar-refractivity contribution < 1.29 is 0 Å². The van der Waals surface area contributed by atoms with Crippen LogP contribution < -0.4 is 0 Å². The Balaban J connectivity index is 0.00000100. The Hall–Kier alpha value is -2.05. The Morgan fingerprint density at radius 3 is 1.67 bits per heavy atom. The van der Waals surface area contributed by atoms with Gasteiger partial charge in [0.15, 0.2) is 0 Å². The Kier molecular flexibility index (Phi) is 6.23. The smallest absolute Gasteiger partial charge is 0.0406 e. The Bertz CT molecular complexity index is 814. The van der Waals surface area contributed by atoms with Gasteiger partial charge in [-0.1, -0.05) is 74.0 Å². The number of hydrogen-bond donors (Lipinski definition) is 0. The van der Waals surface area contributed by atoms with E-state index >= 15 is 0 Å². The van der Waals surface area contributed by atoms with E-state index in [1.54, 1.807) is 0 Å². The fourth-order valence-corrected chi connectivity index (χ4v) is 2.84. The summed E-state index contributed by atoms with van der Waals surface area (Å²) in [5, 5.41) is 0.771. The summed E-state index contributed by atoms with van der Waals surface area (Å²) in [4.78, 5) is 0. The lowest BCUT2D eigenvalue weighted by Crippen LogP contribution is -1.88. The lowest BCUT2D eigenvalue weighted by molar-refractivity contribution is 1.33. The monoisotopic (exact) mass is 336 g/mol. The number of rotatable bonds is 2. The van der Waals surface area contributed by atoms with Crippen LogP contribution in [-0.4, -0.2) is 0 Å². The Morgan fingerprint density at radius 1 is 0.542 bits per heavy atom. The third-order valence-corrected chi connectivity index (χ3v) is 4.47. The molecule has 24 heavy (non-hydrogen) atoms. The summed E-state index contributed by atoms with van der Waals surface area (Å²) in [5.74, 6) is 0. The minimum absolute atomic E-state index is 0.771. The summed E-state index contributed by atoms with van der Waals surface area (Å²) >= 11 is 5.96. The molecule has 0 nitrogen and oxygen atoms in total. The molecule has 0 aliphatic rings. The first-order valence-electron chi connectivity index (χ1n) is 8.49. The van der Waals surface area contributed by atoms with Crippen LogP contribution in [0.25, 0.3) is 22.3 Å². The van der Waals surface area contributed by atoms with Crippen LogP contribution in [0, 0.1) is 20.8 Å². The van der Waals surface area contributed by atoms with Crippen molar-refractivity contribution in [3.05, 3.63) is 82.4 Å². The maximum atomic E-state index is 5.96. The first kappa shape index (κ1) is 18.3. The van der Waals surface area contributed by atoms with Crippen molar-refractivity contribution in [2.24, 2.45) is 0 Å². The van der Waals surface area contributed by atoms with Gasteiger partial charge >= 0.3 is 0 Å². The molecule has 3 aromatic rings. The second-order valence-electron chi connectivity index (χ2n) is 5.84. The van der Waals surface area contributed by atoms with Gasteiger partial charge in [0.05, 0.1) is 0 Å². The molecule has 124 valence electrons. The molecule has 1 heteroatoms. The van der Waals surface area contributed by atoms with Gasteiger partial charge in [-0.05, 0) is 71.8 Å². The average Bonchev–Trinajstić information content (AvgIpc) is 2.60. The fourth-order valence-electron chi connectivity index (χ4n) is 2.72. The highest BCUT2D eigenvalue weighted by Gasteiger charge is 2.06. The molecular formula is C23H25Cl. The van der Waals surface area contributed by atoms with E-state index in [1.165, 1.54) is 38.9 Å². The zero-order valence-electron chi connectivity index (χ0n) is 15.2. The molecule has 0 aliphatic carbocycles. The molecule has 0 radical (unpaired) electrons. The molecule has 0 heterocycles. The predicted octanol–water partition coefficient (Wildman–Crippen LogP) is 7.63. The quantitative estimate of drug-likeness (QED) is 0.451. The number of hydrogen-bond acceptors (Lipinski definition) is 0. The van der Waals surface area contributed by atoms with Crippen molar-refractivity contribution in [1.29, 1.82) is 0 Å². The van der Waals surface area contributed by atoms with Crippen molar-refractivity contribution in [2.75, 3.05) is 0 Å². The second kappa shape index (κ2) is 8.17. The lowest BCUT2D eigenvalue weighted by Gasteiger charge is -2.11. The highest BCUT2D eigenvalue weighted by Crippen LogP contribution is 2.30. The fraction of sp³-hybridized carbons (Fsp3) is 0.217. The minimum Gasteiger partial charge on any atom is -0.0843 e. The van der Waals surface area contributed by atoms with E-state index in [9.17, 15) is 0 Å². The molecule has 0 unspecified atom stereocenters. The summed E-state index contributed by atoms with van der Waals surface area (Å²) in [6.45, 7) is 10.5. The Labute approximate surface area is 151 Å². The topological polar surface area (TPSA) is 0 Å². The van der Waals surface area contributed by atoms with Gasteiger partial charge in [-0.2, -0.15) is 0 Å². The minimum atomic E-state index is 0.771. The van der Waals surface area contributed by atoms with E-state index < -0.39 is 0 Å². The molecule has 0 atom stereocenters. The van der Waals surface area contributed by atoms with Crippen molar-refractivity contribution in [2.45, 2.75) is 34.6 Å². The van der Waals surface area contributed by atoms with Crippen LogP contribution in [0.5, 0.6) is 0 Å². The van der Waals surface area contributed by atoms with Gasteiger partial charge in [0.2, 0.25) is 0 Å². The average molecular weight is 337 g/mol. The largest absolute Gasteiger partial charge is 0.0843 e.